The number of benzene rings is 3. The number of anilines is 1. The fourth-order valence-electron chi connectivity index (χ4n) is 2.74. The molecule has 0 radical (unpaired) electrons. The van der Waals surface area contributed by atoms with Crippen LogP contribution in [0.4, 0.5) is 11.4 Å². The van der Waals surface area contributed by atoms with Crippen LogP contribution in [0, 0.1) is 10.1 Å². The van der Waals surface area contributed by atoms with Crippen molar-refractivity contribution in [3.05, 3.63) is 106 Å². The second-order valence-electron chi connectivity index (χ2n) is 5.85. The number of para-hydroxylation sites is 2. The van der Waals surface area contributed by atoms with Crippen molar-refractivity contribution in [3.63, 3.8) is 0 Å². The minimum absolute atomic E-state index is 0.110. The molecule has 0 unspecified atom stereocenters. The fourth-order valence-corrected chi connectivity index (χ4v) is 2.74. The van der Waals surface area contributed by atoms with Gasteiger partial charge in [0.2, 0.25) is 5.91 Å². The smallest absolute Gasteiger partial charge is 0.273 e. The van der Waals surface area contributed by atoms with Gasteiger partial charge in [0.05, 0.1) is 17.0 Å². The van der Waals surface area contributed by atoms with Gasteiger partial charge in [0, 0.05) is 22.8 Å². The molecule has 1 amide bonds. The maximum absolute atomic E-state index is 12.7. The molecule has 6 heteroatoms. The molecule has 3 aromatic carbocycles. The van der Waals surface area contributed by atoms with Gasteiger partial charge in [-0.3, -0.25) is 19.7 Å². The van der Waals surface area contributed by atoms with Crippen molar-refractivity contribution in [3.8, 4) is 0 Å². The molecule has 0 aromatic heterocycles. The van der Waals surface area contributed by atoms with Crippen LogP contribution >= 0.6 is 0 Å². The Labute approximate surface area is 155 Å². The summed E-state index contributed by atoms with van der Waals surface area (Å²) < 4.78 is 0. The lowest BCUT2D eigenvalue weighted by atomic mass is 10.0. The standard InChI is InChI=1S/C21H16N2O4/c24-20(14-16-10-4-7-13-19(16)23(26)27)22-18-12-6-5-11-17(18)21(25)15-8-2-1-3-9-15/h1-13H,14H2,(H,22,24). The zero-order valence-electron chi connectivity index (χ0n) is 14.3. The largest absolute Gasteiger partial charge is 0.325 e. The highest BCUT2D eigenvalue weighted by molar-refractivity contribution is 6.13. The third-order valence-electron chi connectivity index (χ3n) is 4.02. The van der Waals surface area contributed by atoms with E-state index in [1.165, 1.54) is 6.07 Å². The molecule has 0 spiro atoms. The quantitative estimate of drug-likeness (QED) is 0.409. The van der Waals surface area contributed by atoms with E-state index in [9.17, 15) is 19.7 Å². The highest BCUT2D eigenvalue weighted by Crippen LogP contribution is 2.21. The monoisotopic (exact) mass is 360 g/mol. The summed E-state index contributed by atoms with van der Waals surface area (Å²) in [4.78, 5) is 35.7. The number of carbonyl (C=O) groups is 2. The second-order valence-corrected chi connectivity index (χ2v) is 5.85. The molecule has 27 heavy (non-hydrogen) atoms. The average molecular weight is 360 g/mol. The number of ketones is 1. The second kappa shape index (κ2) is 8.05. The van der Waals surface area contributed by atoms with Gasteiger partial charge < -0.3 is 5.32 Å². The first kappa shape index (κ1) is 18.0. The molecule has 0 atom stereocenters. The van der Waals surface area contributed by atoms with Crippen molar-refractivity contribution in [2.24, 2.45) is 0 Å². The summed E-state index contributed by atoms with van der Waals surface area (Å²) in [7, 11) is 0. The van der Waals surface area contributed by atoms with Gasteiger partial charge in [0.1, 0.15) is 0 Å². The van der Waals surface area contributed by atoms with Crippen LogP contribution in [0.3, 0.4) is 0 Å². The third kappa shape index (κ3) is 4.24. The number of nitrogens with zero attached hydrogens (tertiary/aromatic N) is 1. The number of carbonyl (C=O) groups excluding carboxylic acids is 2. The summed E-state index contributed by atoms with van der Waals surface area (Å²) in [5.41, 5.74) is 1.45. The molecule has 0 aliphatic rings. The van der Waals surface area contributed by atoms with Crippen LogP contribution in [-0.4, -0.2) is 16.6 Å². The van der Waals surface area contributed by atoms with Gasteiger partial charge >= 0.3 is 0 Å². The molecule has 0 saturated carbocycles. The van der Waals surface area contributed by atoms with Crippen LogP contribution in [0.5, 0.6) is 0 Å². The van der Waals surface area contributed by atoms with Crippen LogP contribution in [-0.2, 0) is 11.2 Å². The predicted molar refractivity (Wildman–Crippen MR) is 102 cm³/mol. The summed E-state index contributed by atoms with van der Waals surface area (Å²) in [5.74, 6) is -0.644. The normalized spacial score (nSPS) is 10.2. The number of hydrogen-bond donors (Lipinski definition) is 1. The number of amides is 1. The fraction of sp³-hybridized carbons (Fsp3) is 0.0476. The summed E-state index contributed by atoms with van der Waals surface area (Å²) in [6, 6.07) is 21.5. The first-order chi connectivity index (χ1) is 13.1. The molecule has 0 heterocycles. The van der Waals surface area contributed by atoms with Gasteiger partial charge in [0.25, 0.3) is 5.69 Å². The lowest BCUT2D eigenvalue weighted by molar-refractivity contribution is -0.385. The van der Waals surface area contributed by atoms with E-state index < -0.39 is 10.8 Å². The topological polar surface area (TPSA) is 89.3 Å². The zero-order chi connectivity index (χ0) is 19.2. The van der Waals surface area contributed by atoms with Crippen LogP contribution in [0.2, 0.25) is 0 Å². The van der Waals surface area contributed by atoms with E-state index in [-0.39, 0.29) is 17.9 Å². The molecule has 6 nitrogen and oxygen atoms in total. The van der Waals surface area contributed by atoms with Gasteiger partial charge in [-0.25, -0.2) is 0 Å². The van der Waals surface area contributed by atoms with E-state index in [4.69, 9.17) is 0 Å². The van der Waals surface area contributed by atoms with Crippen molar-refractivity contribution in [1.82, 2.24) is 0 Å². The molecule has 0 aliphatic carbocycles. The van der Waals surface area contributed by atoms with E-state index >= 15 is 0 Å². The predicted octanol–water partition coefficient (Wildman–Crippen LogP) is 4.01. The van der Waals surface area contributed by atoms with E-state index in [0.29, 0.717) is 22.4 Å². The van der Waals surface area contributed by atoms with Crippen LogP contribution in [0.25, 0.3) is 0 Å². The summed E-state index contributed by atoms with van der Waals surface area (Å²) >= 11 is 0. The van der Waals surface area contributed by atoms with Gasteiger partial charge in [-0.15, -0.1) is 0 Å². The molecule has 0 saturated heterocycles. The maximum Gasteiger partial charge on any atom is 0.273 e. The van der Waals surface area contributed by atoms with Crippen molar-refractivity contribution >= 4 is 23.1 Å². The van der Waals surface area contributed by atoms with Gasteiger partial charge in [-0.1, -0.05) is 60.7 Å². The molecule has 134 valence electrons. The van der Waals surface area contributed by atoms with E-state index in [2.05, 4.69) is 5.32 Å². The third-order valence-corrected chi connectivity index (χ3v) is 4.02. The van der Waals surface area contributed by atoms with Crippen molar-refractivity contribution in [2.75, 3.05) is 5.32 Å². The van der Waals surface area contributed by atoms with Gasteiger partial charge in [0.15, 0.2) is 5.78 Å². The first-order valence-corrected chi connectivity index (χ1v) is 8.27. The molecule has 1 N–H and O–H groups in total. The van der Waals surface area contributed by atoms with E-state index in [0.717, 1.165) is 0 Å². The number of nitro benzene ring substituents is 1. The Kier molecular flexibility index (Phi) is 5.37. The van der Waals surface area contributed by atoms with Crippen molar-refractivity contribution < 1.29 is 14.5 Å². The average Bonchev–Trinajstić information content (AvgIpc) is 2.69. The number of rotatable bonds is 6. The Balaban J connectivity index is 1.82. The Morgan fingerprint density at radius 1 is 0.852 bits per heavy atom. The zero-order valence-corrected chi connectivity index (χ0v) is 14.3. The lowest BCUT2D eigenvalue weighted by Gasteiger charge is -2.11. The molecular formula is C21H16N2O4. The van der Waals surface area contributed by atoms with Crippen molar-refractivity contribution in [1.29, 1.82) is 0 Å². The minimum Gasteiger partial charge on any atom is -0.325 e. The summed E-state index contributed by atoms with van der Waals surface area (Å²) in [6.07, 6.45) is -0.162. The lowest BCUT2D eigenvalue weighted by Crippen LogP contribution is -2.17. The molecular weight excluding hydrogens is 344 g/mol. The number of hydrogen-bond acceptors (Lipinski definition) is 4. The Morgan fingerprint density at radius 2 is 1.48 bits per heavy atom. The van der Waals surface area contributed by atoms with Crippen LogP contribution in [0.15, 0.2) is 78.9 Å². The molecule has 0 bridgehead atoms. The Bertz CT molecular complexity index is 1000. The summed E-state index contributed by atoms with van der Waals surface area (Å²) in [5, 5.41) is 13.8. The van der Waals surface area contributed by atoms with Gasteiger partial charge in [-0.05, 0) is 12.1 Å². The SMILES string of the molecule is O=C(Cc1ccccc1[N+](=O)[O-])Nc1ccccc1C(=O)c1ccccc1. The minimum atomic E-state index is -0.518. The first-order valence-electron chi connectivity index (χ1n) is 8.27. The van der Waals surface area contributed by atoms with E-state index in [1.807, 2.05) is 6.07 Å². The molecule has 0 aliphatic heterocycles. The molecule has 3 aromatic rings. The Morgan fingerprint density at radius 3 is 2.22 bits per heavy atom. The summed E-state index contributed by atoms with van der Waals surface area (Å²) in [6.45, 7) is 0. The Hall–Kier alpha value is -3.80. The highest BCUT2D eigenvalue weighted by Gasteiger charge is 2.18. The van der Waals surface area contributed by atoms with Gasteiger partial charge in [-0.2, -0.15) is 0 Å². The number of nitro groups is 1. The molecule has 3 rings (SSSR count). The number of nitrogens with one attached hydrogen (secondary N) is 1. The maximum atomic E-state index is 12.7. The molecule has 0 fully saturated rings. The van der Waals surface area contributed by atoms with E-state index in [1.54, 1.807) is 66.7 Å². The van der Waals surface area contributed by atoms with Crippen LogP contribution < -0.4 is 5.32 Å². The van der Waals surface area contributed by atoms with Crippen molar-refractivity contribution in [2.45, 2.75) is 6.42 Å². The highest BCUT2D eigenvalue weighted by atomic mass is 16.6. The van der Waals surface area contributed by atoms with Crippen LogP contribution in [0.1, 0.15) is 21.5 Å².